The van der Waals surface area contributed by atoms with E-state index in [9.17, 15) is 4.79 Å². The first-order valence-electron chi connectivity index (χ1n) is 9.46. The Balaban J connectivity index is 1.54. The van der Waals surface area contributed by atoms with E-state index in [4.69, 9.17) is 28.3 Å². The van der Waals surface area contributed by atoms with E-state index in [1.54, 1.807) is 12.3 Å². The number of nitrogens with one attached hydrogen (secondary N) is 1. The number of pyridine rings is 1. The van der Waals surface area contributed by atoms with Gasteiger partial charge in [0.1, 0.15) is 5.82 Å². The summed E-state index contributed by atoms with van der Waals surface area (Å²) in [6.45, 7) is 1.53. The lowest BCUT2D eigenvalue weighted by atomic mass is 9.98. The second-order valence-electron chi connectivity index (χ2n) is 7.05. The van der Waals surface area contributed by atoms with Gasteiger partial charge in [0.25, 0.3) is 0 Å². The molecule has 0 fully saturated rings. The molecule has 0 atom stereocenters. The quantitative estimate of drug-likeness (QED) is 0.520. The first-order valence-corrected chi connectivity index (χ1v) is 11.1. The average Bonchev–Trinajstić information content (AvgIpc) is 2.75. The second-order valence-corrected chi connectivity index (χ2v) is 8.57. The summed E-state index contributed by atoms with van der Waals surface area (Å²) in [5, 5.41) is 10.1. The van der Waals surface area contributed by atoms with Crippen LogP contribution in [0.2, 0.25) is 10.0 Å². The lowest BCUT2D eigenvalue weighted by Gasteiger charge is -2.31. The van der Waals surface area contributed by atoms with Gasteiger partial charge in [0.15, 0.2) is 0 Å². The van der Waals surface area contributed by atoms with Crippen molar-refractivity contribution < 1.29 is 4.79 Å². The Bertz CT molecular complexity index is 1080. The Hall–Kier alpha value is -2.25. The maximum Gasteiger partial charge on any atom is 0.228 e. The highest BCUT2D eigenvalue weighted by molar-refractivity contribution is 7.97. The Labute approximate surface area is 189 Å². The van der Waals surface area contributed by atoms with E-state index in [0.29, 0.717) is 16.6 Å². The highest BCUT2D eigenvalue weighted by Crippen LogP contribution is 2.32. The van der Waals surface area contributed by atoms with Crippen LogP contribution in [0, 0.1) is 0 Å². The highest BCUT2D eigenvalue weighted by atomic mass is 35.5. The summed E-state index contributed by atoms with van der Waals surface area (Å²) in [6, 6.07) is 15.1. The summed E-state index contributed by atoms with van der Waals surface area (Å²) in [5.41, 5.74) is 3.87. The van der Waals surface area contributed by atoms with Crippen LogP contribution in [0.15, 0.2) is 59.6 Å². The standard InChI is InChI=1S/C22H20Cl2N4OS/c23-16-5-6-21(26-12-16)28-8-7-18-15(13-28)9-17(11-20(18)30-25)27-22(29)10-14-3-1-2-4-19(14)24/h1-6,9,11-12H,7-8,10,13,25H2,(H,27,29). The van der Waals surface area contributed by atoms with Gasteiger partial charge in [-0.25, -0.2) is 4.98 Å². The molecule has 4 rings (SSSR count). The van der Waals surface area contributed by atoms with Gasteiger partial charge in [-0.05, 0) is 65.4 Å². The Kier molecular flexibility index (Phi) is 6.49. The minimum absolute atomic E-state index is 0.122. The van der Waals surface area contributed by atoms with E-state index >= 15 is 0 Å². The number of nitrogens with zero attached hydrogens (tertiary/aromatic N) is 2. The SMILES string of the molecule is NSc1cc(NC(=O)Cc2ccccc2Cl)cc2c1CCN(c1ccc(Cl)cn1)C2. The third-order valence-corrected chi connectivity index (χ3v) is 6.26. The van der Waals surface area contributed by atoms with Gasteiger partial charge in [0.05, 0.1) is 11.4 Å². The number of rotatable bonds is 5. The fourth-order valence-corrected chi connectivity index (χ4v) is 4.49. The van der Waals surface area contributed by atoms with Crippen molar-refractivity contribution in [2.24, 2.45) is 5.14 Å². The molecule has 8 heteroatoms. The Morgan fingerprint density at radius 3 is 2.77 bits per heavy atom. The number of carbonyl (C=O) groups excluding carboxylic acids is 1. The van der Waals surface area contributed by atoms with Crippen LogP contribution >= 0.6 is 35.1 Å². The number of halogens is 2. The maximum atomic E-state index is 12.6. The molecular formula is C22H20Cl2N4OS. The third-order valence-electron chi connectivity index (χ3n) is 5.05. The lowest BCUT2D eigenvalue weighted by molar-refractivity contribution is -0.115. The molecule has 0 saturated heterocycles. The maximum absolute atomic E-state index is 12.6. The van der Waals surface area contributed by atoms with Gasteiger partial charge in [-0.1, -0.05) is 41.4 Å². The molecule has 5 nitrogen and oxygen atoms in total. The van der Waals surface area contributed by atoms with Crippen molar-refractivity contribution >= 4 is 52.6 Å². The van der Waals surface area contributed by atoms with Gasteiger partial charge < -0.3 is 10.2 Å². The van der Waals surface area contributed by atoms with E-state index in [1.807, 2.05) is 42.5 Å². The van der Waals surface area contributed by atoms with E-state index in [0.717, 1.165) is 40.5 Å². The molecule has 0 radical (unpaired) electrons. The number of hydrogen-bond acceptors (Lipinski definition) is 5. The molecule has 2 aromatic carbocycles. The zero-order chi connectivity index (χ0) is 21.1. The summed E-state index contributed by atoms with van der Waals surface area (Å²) in [6.07, 6.45) is 2.72. The number of carbonyl (C=O) groups is 1. The number of amides is 1. The zero-order valence-corrected chi connectivity index (χ0v) is 18.4. The third kappa shape index (κ3) is 4.73. The van der Waals surface area contributed by atoms with Crippen molar-refractivity contribution in [2.75, 3.05) is 16.8 Å². The van der Waals surface area contributed by atoms with Crippen LogP contribution in [0.25, 0.3) is 0 Å². The van der Waals surface area contributed by atoms with Crippen LogP contribution < -0.4 is 15.4 Å². The van der Waals surface area contributed by atoms with Crippen molar-refractivity contribution in [1.82, 2.24) is 4.98 Å². The van der Waals surface area contributed by atoms with Crippen LogP contribution in [0.5, 0.6) is 0 Å². The predicted molar refractivity (Wildman–Crippen MR) is 124 cm³/mol. The monoisotopic (exact) mass is 458 g/mol. The van der Waals surface area contributed by atoms with Crippen molar-refractivity contribution in [3.8, 4) is 0 Å². The molecule has 1 aliphatic heterocycles. The summed E-state index contributed by atoms with van der Waals surface area (Å²) >= 11 is 13.3. The van der Waals surface area contributed by atoms with Crippen molar-refractivity contribution in [2.45, 2.75) is 24.3 Å². The Morgan fingerprint density at radius 1 is 1.20 bits per heavy atom. The minimum atomic E-state index is -0.122. The number of benzene rings is 2. The van der Waals surface area contributed by atoms with E-state index in [2.05, 4.69) is 15.2 Å². The number of fused-ring (bicyclic) bond motifs is 1. The molecule has 3 aromatic rings. The second kappa shape index (κ2) is 9.27. The van der Waals surface area contributed by atoms with Gasteiger partial charge in [-0.3, -0.25) is 9.93 Å². The summed E-state index contributed by atoms with van der Waals surface area (Å²) in [5.74, 6) is 0.753. The molecular weight excluding hydrogens is 439 g/mol. The molecule has 2 heterocycles. The normalized spacial score (nSPS) is 13.1. The number of aromatic nitrogens is 1. The van der Waals surface area contributed by atoms with Crippen LogP contribution in [-0.2, 0) is 24.2 Å². The predicted octanol–water partition coefficient (Wildman–Crippen LogP) is 5.10. The molecule has 1 aliphatic rings. The summed E-state index contributed by atoms with van der Waals surface area (Å²) < 4.78 is 0. The first-order chi connectivity index (χ1) is 14.5. The molecule has 0 saturated carbocycles. The van der Waals surface area contributed by atoms with Gasteiger partial charge in [0, 0.05) is 34.9 Å². The largest absolute Gasteiger partial charge is 0.352 e. The molecule has 1 amide bonds. The topological polar surface area (TPSA) is 71.2 Å². The van der Waals surface area contributed by atoms with Crippen LogP contribution in [0.3, 0.4) is 0 Å². The van der Waals surface area contributed by atoms with Crippen LogP contribution in [0.1, 0.15) is 16.7 Å². The molecule has 0 unspecified atom stereocenters. The van der Waals surface area contributed by atoms with Crippen molar-refractivity contribution in [3.63, 3.8) is 0 Å². The van der Waals surface area contributed by atoms with Crippen LogP contribution in [0.4, 0.5) is 11.5 Å². The van der Waals surface area contributed by atoms with Crippen LogP contribution in [-0.4, -0.2) is 17.4 Å². The fourth-order valence-electron chi connectivity index (χ4n) is 3.61. The first kappa shape index (κ1) is 21.0. The molecule has 0 aliphatic carbocycles. The molecule has 3 N–H and O–H groups in total. The van der Waals surface area contributed by atoms with E-state index < -0.39 is 0 Å². The average molecular weight is 459 g/mol. The zero-order valence-electron chi connectivity index (χ0n) is 16.1. The minimum Gasteiger partial charge on any atom is -0.352 e. The molecule has 0 spiro atoms. The molecule has 0 bridgehead atoms. The van der Waals surface area contributed by atoms with Gasteiger partial charge >= 0.3 is 0 Å². The number of anilines is 2. The van der Waals surface area contributed by atoms with E-state index in [1.165, 1.54) is 17.5 Å². The fraction of sp³-hybridized carbons (Fsp3) is 0.182. The van der Waals surface area contributed by atoms with Gasteiger partial charge in [-0.2, -0.15) is 0 Å². The number of hydrogen-bond donors (Lipinski definition) is 2. The number of nitrogens with two attached hydrogens (primary N) is 1. The molecule has 30 heavy (non-hydrogen) atoms. The Morgan fingerprint density at radius 2 is 2.03 bits per heavy atom. The lowest BCUT2D eigenvalue weighted by Crippen LogP contribution is -2.31. The van der Waals surface area contributed by atoms with E-state index in [-0.39, 0.29) is 12.3 Å². The summed E-state index contributed by atoms with van der Waals surface area (Å²) in [4.78, 5) is 20.2. The molecule has 154 valence electrons. The van der Waals surface area contributed by atoms with Crippen molar-refractivity contribution in [1.29, 1.82) is 0 Å². The smallest absolute Gasteiger partial charge is 0.228 e. The summed E-state index contributed by atoms with van der Waals surface area (Å²) in [7, 11) is 0. The van der Waals surface area contributed by atoms with Gasteiger partial charge in [-0.15, -0.1) is 0 Å². The van der Waals surface area contributed by atoms with Gasteiger partial charge in [0.2, 0.25) is 5.91 Å². The van der Waals surface area contributed by atoms with Crippen molar-refractivity contribution in [3.05, 3.63) is 81.5 Å². The molecule has 1 aromatic heterocycles. The highest BCUT2D eigenvalue weighted by Gasteiger charge is 2.21.